The number of anilines is 1. The first-order valence-corrected chi connectivity index (χ1v) is 10.0. The van der Waals surface area contributed by atoms with Crippen molar-refractivity contribution in [3.63, 3.8) is 0 Å². The fraction of sp³-hybridized carbons (Fsp3) is 0.333. The van der Waals surface area contributed by atoms with Crippen molar-refractivity contribution < 1.29 is 9.53 Å². The summed E-state index contributed by atoms with van der Waals surface area (Å²) in [7, 11) is 3.20. The summed E-state index contributed by atoms with van der Waals surface area (Å²) in [6.07, 6.45) is 23.4. The highest BCUT2D eigenvalue weighted by molar-refractivity contribution is 6.13. The zero-order valence-electron chi connectivity index (χ0n) is 18.4. The minimum Gasteiger partial charge on any atom is -0.491 e. The van der Waals surface area contributed by atoms with E-state index >= 15 is 0 Å². The van der Waals surface area contributed by atoms with Crippen LogP contribution in [0, 0.1) is 18.8 Å². The van der Waals surface area contributed by atoms with Gasteiger partial charge < -0.3 is 15.4 Å². The standard InChI is InChI=1S/C22H27N5O2.C2H2/c1-14-7-5-6-8-16(11-14)20-24-13-19(29-4)21(27-20)25-15(2)18(12-23-3)22(28)26-17-9-10-17;1-2/h5-8,11-14,17H,9-10H2,1-4H3,(H,26,28)(H,24,25,27);1-2H/b18-15-,23-12?;. The Kier molecular flexibility index (Phi) is 8.77. The number of carbonyl (C=O) groups is 1. The first-order chi connectivity index (χ1) is 15.0. The highest BCUT2D eigenvalue weighted by Gasteiger charge is 2.25. The van der Waals surface area contributed by atoms with Crippen LogP contribution in [0.2, 0.25) is 0 Å². The van der Waals surface area contributed by atoms with Crippen molar-refractivity contribution in [3.05, 3.63) is 53.7 Å². The number of aliphatic imine (C=N–C) groups is 1. The number of amides is 1. The van der Waals surface area contributed by atoms with Crippen LogP contribution in [0.25, 0.3) is 5.57 Å². The predicted molar refractivity (Wildman–Crippen MR) is 126 cm³/mol. The van der Waals surface area contributed by atoms with Crippen LogP contribution in [-0.4, -0.2) is 42.3 Å². The summed E-state index contributed by atoms with van der Waals surface area (Å²) in [6, 6.07) is 0.264. The largest absolute Gasteiger partial charge is 0.491 e. The summed E-state index contributed by atoms with van der Waals surface area (Å²) in [5.41, 5.74) is 2.03. The molecule has 7 nitrogen and oxygen atoms in total. The van der Waals surface area contributed by atoms with Gasteiger partial charge in [0.05, 0.1) is 18.9 Å². The summed E-state index contributed by atoms with van der Waals surface area (Å²) < 4.78 is 5.42. The van der Waals surface area contributed by atoms with Gasteiger partial charge in [-0.2, -0.15) is 0 Å². The van der Waals surface area contributed by atoms with Gasteiger partial charge in [0.1, 0.15) is 0 Å². The molecule has 31 heavy (non-hydrogen) atoms. The van der Waals surface area contributed by atoms with Crippen molar-refractivity contribution in [3.8, 4) is 18.6 Å². The third-order valence-electron chi connectivity index (χ3n) is 4.60. The van der Waals surface area contributed by atoms with Crippen molar-refractivity contribution in [1.29, 1.82) is 0 Å². The molecular weight excluding hydrogens is 390 g/mol. The maximum atomic E-state index is 12.6. The second-order valence-electron chi connectivity index (χ2n) is 7.13. The van der Waals surface area contributed by atoms with Crippen LogP contribution in [0.15, 0.2) is 52.8 Å². The number of allylic oxidation sites excluding steroid dienone is 7. The summed E-state index contributed by atoms with van der Waals surface area (Å²) in [5.74, 6) is 1.71. The van der Waals surface area contributed by atoms with E-state index in [1.54, 1.807) is 26.6 Å². The number of aromatic nitrogens is 2. The molecular formula is C24H29N5O2. The molecule has 0 spiro atoms. The van der Waals surface area contributed by atoms with E-state index in [-0.39, 0.29) is 17.9 Å². The molecule has 1 saturated carbocycles. The molecule has 0 radical (unpaired) electrons. The van der Waals surface area contributed by atoms with Gasteiger partial charge in [-0.05, 0) is 25.7 Å². The van der Waals surface area contributed by atoms with Gasteiger partial charge in [-0.15, -0.1) is 12.8 Å². The highest BCUT2D eigenvalue weighted by Crippen LogP contribution is 2.27. The fourth-order valence-electron chi connectivity index (χ4n) is 2.88. The third-order valence-corrected chi connectivity index (χ3v) is 4.60. The molecule has 7 heteroatoms. The number of nitrogens with zero attached hydrogens (tertiary/aromatic N) is 3. The van der Waals surface area contributed by atoms with Crippen LogP contribution in [0.5, 0.6) is 5.75 Å². The lowest BCUT2D eigenvalue weighted by molar-refractivity contribution is -0.117. The topological polar surface area (TPSA) is 88.5 Å². The molecule has 0 saturated heterocycles. The monoisotopic (exact) mass is 419 g/mol. The Bertz CT molecular complexity index is 965. The van der Waals surface area contributed by atoms with Crippen LogP contribution in [0.1, 0.15) is 32.5 Å². The van der Waals surface area contributed by atoms with E-state index in [9.17, 15) is 4.79 Å². The maximum absolute atomic E-state index is 12.6. The average molecular weight is 420 g/mol. The van der Waals surface area contributed by atoms with E-state index in [2.05, 4.69) is 57.5 Å². The Hall–Kier alpha value is -3.66. The summed E-state index contributed by atoms with van der Waals surface area (Å²) in [5, 5.41) is 6.20. The fourth-order valence-corrected chi connectivity index (χ4v) is 2.88. The molecule has 1 atom stereocenters. The Morgan fingerprint density at radius 1 is 1.32 bits per heavy atom. The summed E-state index contributed by atoms with van der Waals surface area (Å²) in [4.78, 5) is 25.7. The molecule has 1 unspecified atom stereocenters. The summed E-state index contributed by atoms with van der Waals surface area (Å²) >= 11 is 0. The molecule has 3 rings (SSSR count). The van der Waals surface area contributed by atoms with Crippen molar-refractivity contribution in [1.82, 2.24) is 15.3 Å². The lowest BCUT2D eigenvalue weighted by atomic mass is 10.1. The summed E-state index contributed by atoms with van der Waals surface area (Å²) in [6.45, 7) is 3.93. The minimum atomic E-state index is -0.148. The molecule has 0 aromatic carbocycles. The van der Waals surface area contributed by atoms with Crippen molar-refractivity contribution in [2.75, 3.05) is 19.5 Å². The Balaban J connectivity index is 0.00000166. The van der Waals surface area contributed by atoms with Gasteiger partial charge >= 0.3 is 0 Å². The number of hydrogen-bond donors (Lipinski definition) is 2. The van der Waals surface area contributed by atoms with E-state index in [0.29, 0.717) is 28.7 Å². The van der Waals surface area contributed by atoms with Crippen molar-refractivity contribution in [2.45, 2.75) is 32.7 Å². The first kappa shape index (κ1) is 23.6. The van der Waals surface area contributed by atoms with Gasteiger partial charge in [-0.1, -0.05) is 37.3 Å². The van der Waals surface area contributed by atoms with Gasteiger partial charge in [-0.3, -0.25) is 9.79 Å². The first-order valence-electron chi connectivity index (χ1n) is 10.0. The van der Waals surface area contributed by atoms with Crippen LogP contribution in [-0.2, 0) is 4.79 Å². The normalized spacial score (nSPS) is 18.3. The second-order valence-corrected chi connectivity index (χ2v) is 7.13. The van der Waals surface area contributed by atoms with Crippen LogP contribution >= 0.6 is 0 Å². The Morgan fingerprint density at radius 3 is 2.71 bits per heavy atom. The van der Waals surface area contributed by atoms with E-state index in [0.717, 1.165) is 18.4 Å². The predicted octanol–water partition coefficient (Wildman–Crippen LogP) is 3.55. The molecule has 2 aliphatic rings. The minimum absolute atomic E-state index is 0.148. The average Bonchev–Trinajstić information content (AvgIpc) is 3.61. The zero-order valence-corrected chi connectivity index (χ0v) is 18.4. The molecule has 1 heterocycles. The third kappa shape index (κ3) is 6.68. The number of rotatable bonds is 7. The molecule has 1 aromatic heterocycles. The lowest BCUT2D eigenvalue weighted by Crippen LogP contribution is -2.29. The van der Waals surface area contributed by atoms with Gasteiger partial charge in [0.2, 0.25) is 0 Å². The zero-order chi connectivity index (χ0) is 22.8. The molecule has 1 amide bonds. The molecule has 0 bridgehead atoms. The van der Waals surface area contributed by atoms with Crippen LogP contribution in [0.4, 0.5) is 5.82 Å². The number of carbonyl (C=O) groups excluding carboxylic acids is 1. The smallest absolute Gasteiger partial charge is 0.254 e. The molecule has 0 aliphatic heterocycles. The van der Waals surface area contributed by atoms with E-state index < -0.39 is 0 Å². The highest BCUT2D eigenvalue weighted by atomic mass is 16.5. The number of methoxy groups -OCH3 is 1. The van der Waals surface area contributed by atoms with Crippen molar-refractivity contribution >= 4 is 23.5 Å². The lowest BCUT2D eigenvalue weighted by Gasteiger charge is -2.14. The number of nitrogens with one attached hydrogen (secondary N) is 2. The molecule has 1 aromatic rings. The number of terminal acetylenes is 1. The van der Waals surface area contributed by atoms with Gasteiger partial charge in [0, 0.05) is 30.6 Å². The Morgan fingerprint density at radius 2 is 2.06 bits per heavy atom. The van der Waals surface area contributed by atoms with Gasteiger partial charge in [0.15, 0.2) is 17.4 Å². The second kappa shape index (κ2) is 11.5. The SMILES string of the molecule is C#C.CN=C/C(C(=O)NC1CC1)=C(\C)Nc1nc(C2=CC(C)C=CC=C2)ncc1OC. The Labute approximate surface area is 184 Å². The molecule has 1 fully saturated rings. The molecule has 2 aliphatic carbocycles. The van der Waals surface area contributed by atoms with E-state index in [1.807, 2.05) is 25.2 Å². The number of hydrogen-bond acceptors (Lipinski definition) is 6. The quantitative estimate of drug-likeness (QED) is 0.401. The molecule has 2 N–H and O–H groups in total. The van der Waals surface area contributed by atoms with Crippen LogP contribution in [0.3, 0.4) is 0 Å². The number of ether oxygens (including phenoxy) is 1. The van der Waals surface area contributed by atoms with Gasteiger partial charge in [0.25, 0.3) is 5.91 Å². The van der Waals surface area contributed by atoms with E-state index in [1.165, 1.54) is 0 Å². The van der Waals surface area contributed by atoms with Crippen molar-refractivity contribution in [2.24, 2.45) is 10.9 Å². The van der Waals surface area contributed by atoms with Gasteiger partial charge in [-0.25, -0.2) is 9.97 Å². The maximum Gasteiger partial charge on any atom is 0.254 e. The van der Waals surface area contributed by atoms with E-state index in [4.69, 9.17) is 4.74 Å². The van der Waals surface area contributed by atoms with Crippen LogP contribution < -0.4 is 15.4 Å². The molecule has 162 valence electrons.